The first-order valence-corrected chi connectivity index (χ1v) is 11.1. The lowest BCUT2D eigenvalue weighted by Gasteiger charge is -2.37. The highest BCUT2D eigenvalue weighted by Gasteiger charge is 2.38. The zero-order valence-corrected chi connectivity index (χ0v) is 16.5. The van der Waals surface area contributed by atoms with Gasteiger partial charge in [-0.1, -0.05) is 13.3 Å². The molecule has 2 amide bonds. The number of rotatable bonds is 6. The summed E-state index contributed by atoms with van der Waals surface area (Å²) in [6.07, 6.45) is 10.3. The van der Waals surface area contributed by atoms with Crippen molar-refractivity contribution in [2.75, 3.05) is 11.4 Å². The van der Waals surface area contributed by atoms with E-state index in [1.807, 2.05) is 5.38 Å². The second kappa shape index (κ2) is 7.67. The molecule has 3 aliphatic rings. The van der Waals surface area contributed by atoms with Gasteiger partial charge in [-0.3, -0.25) is 14.5 Å². The van der Waals surface area contributed by atoms with E-state index >= 15 is 0 Å². The molecule has 0 radical (unpaired) electrons. The molecule has 0 bridgehead atoms. The van der Waals surface area contributed by atoms with Crippen LogP contribution in [0.1, 0.15) is 70.4 Å². The molecular formula is C20H29N3O2S. The van der Waals surface area contributed by atoms with Crippen LogP contribution in [-0.4, -0.2) is 40.3 Å². The third-order valence-electron chi connectivity index (χ3n) is 6.19. The Balaban J connectivity index is 1.39. The summed E-state index contributed by atoms with van der Waals surface area (Å²) in [6.45, 7) is 3.04. The molecule has 2 saturated carbocycles. The van der Waals surface area contributed by atoms with Gasteiger partial charge in [0.05, 0.1) is 12.1 Å². The van der Waals surface area contributed by atoms with E-state index in [0.29, 0.717) is 24.9 Å². The normalized spacial score (nSPS) is 26.3. The van der Waals surface area contributed by atoms with Crippen molar-refractivity contribution in [2.24, 2.45) is 5.92 Å². The van der Waals surface area contributed by atoms with E-state index in [9.17, 15) is 9.59 Å². The largest absolute Gasteiger partial charge is 0.336 e. The first-order chi connectivity index (χ1) is 12.7. The van der Waals surface area contributed by atoms with Crippen LogP contribution in [0.5, 0.6) is 0 Å². The number of hydrogen-bond donors (Lipinski definition) is 0. The fourth-order valence-corrected chi connectivity index (χ4v) is 5.36. The second-order valence-electron chi connectivity index (χ2n) is 8.06. The number of carbonyl (C=O) groups excluding carboxylic acids is 2. The lowest BCUT2D eigenvalue weighted by atomic mass is 9.83. The Morgan fingerprint density at radius 3 is 2.50 bits per heavy atom. The SMILES string of the molecule is CCC1CCC(N(C(=O)Cc2csc(N3CCCC3=O)n2)C2CC2)CC1. The average molecular weight is 376 g/mol. The van der Waals surface area contributed by atoms with Gasteiger partial charge in [0.25, 0.3) is 0 Å². The van der Waals surface area contributed by atoms with Crippen LogP contribution in [0.4, 0.5) is 5.13 Å². The van der Waals surface area contributed by atoms with Crippen LogP contribution in [0.3, 0.4) is 0 Å². The predicted molar refractivity (Wildman–Crippen MR) is 103 cm³/mol. The first-order valence-electron chi connectivity index (χ1n) is 10.2. The van der Waals surface area contributed by atoms with E-state index in [1.165, 1.54) is 30.6 Å². The molecule has 5 nitrogen and oxygen atoms in total. The highest BCUT2D eigenvalue weighted by molar-refractivity contribution is 7.14. The molecule has 1 aromatic rings. The van der Waals surface area contributed by atoms with E-state index in [2.05, 4.69) is 16.8 Å². The summed E-state index contributed by atoms with van der Waals surface area (Å²) >= 11 is 1.49. The standard InChI is InChI=1S/C20H29N3O2S/c1-2-14-5-7-16(8-6-14)23(17-9-10-17)19(25)12-15-13-26-20(21-15)22-11-3-4-18(22)24/h13-14,16-17H,2-12H2,1H3. The third-order valence-corrected chi connectivity index (χ3v) is 7.10. The molecule has 3 fully saturated rings. The minimum Gasteiger partial charge on any atom is -0.336 e. The van der Waals surface area contributed by atoms with E-state index < -0.39 is 0 Å². The second-order valence-corrected chi connectivity index (χ2v) is 8.90. The van der Waals surface area contributed by atoms with Crippen molar-refractivity contribution in [2.45, 2.75) is 83.2 Å². The van der Waals surface area contributed by atoms with Gasteiger partial charge in [-0.05, 0) is 50.9 Å². The number of thiazole rings is 1. The van der Waals surface area contributed by atoms with Crippen LogP contribution >= 0.6 is 11.3 Å². The number of anilines is 1. The summed E-state index contributed by atoms with van der Waals surface area (Å²) in [5.74, 6) is 1.24. The van der Waals surface area contributed by atoms with Gasteiger partial charge < -0.3 is 4.90 Å². The van der Waals surface area contributed by atoms with E-state index in [4.69, 9.17) is 0 Å². The Morgan fingerprint density at radius 1 is 1.23 bits per heavy atom. The molecule has 26 heavy (non-hydrogen) atoms. The number of amides is 2. The summed E-state index contributed by atoms with van der Waals surface area (Å²) in [5, 5.41) is 2.72. The lowest BCUT2D eigenvalue weighted by molar-refractivity contribution is -0.134. The molecule has 2 aliphatic carbocycles. The fraction of sp³-hybridized carbons (Fsp3) is 0.750. The van der Waals surface area contributed by atoms with Crippen LogP contribution in [-0.2, 0) is 16.0 Å². The minimum absolute atomic E-state index is 0.157. The Bertz CT molecular complexity index is 662. The highest BCUT2D eigenvalue weighted by atomic mass is 32.1. The smallest absolute Gasteiger partial charge is 0.229 e. The Labute approximate surface area is 159 Å². The summed E-state index contributed by atoms with van der Waals surface area (Å²) < 4.78 is 0. The molecule has 0 aromatic carbocycles. The van der Waals surface area contributed by atoms with Gasteiger partial charge in [-0.25, -0.2) is 4.98 Å². The Kier molecular flexibility index (Phi) is 5.30. The van der Waals surface area contributed by atoms with Gasteiger partial charge in [-0.15, -0.1) is 11.3 Å². The zero-order valence-electron chi connectivity index (χ0n) is 15.7. The monoisotopic (exact) mass is 375 g/mol. The van der Waals surface area contributed by atoms with E-state index in [1.54, 1.807) is 4.90 Å². The number of hydrogen-bond acceptors (Lipinski definition) is 4. The quantitative estimate of drug-likeness (QED) is 0.760. The molecule has 1 saturated heterocycles. The number of aromatic nitrogens is 1. The van der Waals surface area contributed by atoms with Crippen molar-refractivity contribution in [1.29, 1.82) is 0 Å². The van der Waals surface area contributed by atoms with E-state index in [-0.39, 0.29) is 11.8 Å². The maximum absolute atomic E-state index is 13.0. The molecule has 2 heterocycles. The molecule has 1 aromatic heterocycles. The molecule has 4 rings (SSSR count). The van der Waals surface area contributed by atoms with Gasteiger partial charge in [0, 0.05) is 30.4 Å². The fourth-order valence-electron chi connectivity index (χ4n) is 4.49. The van der Waals surface area contributed by atoms with Crippen molar-refractivity contribution < 1.29 is 9.59 Å². The van der Waals surface area contributed by atoms with Gasteiger partial charge in [0.1, 0.15) is 0 Å². The molecular weight excluding hydrogens is 346 g/mol. The summed E-state index contributed by atoms with van der Waals surface area (Å²) in [6, 6.07) is 0.889. The molecule has 0 unspecified atom stereocenters. The van der Waals surface area contributed by atoms with Crippen LogP contribution < -0.4 is 4.90 Å². The van der Waals surface area contributed by atoms with Gasteiger partial charge >= 0.3 is 0 Å². The van der Waals surface area contributed by atoms with Crippen molar-refractivity contribution in [3.63, 3.8) is 0 Å². The summed E-state index contributed by atoms with van der Waals surface area (Å²) in [4.78, 5) is 33.5. The van der Waals surface area contributed by atoms with Crippen molar-refractivity contribution in [1.82, 2.24) is 9.88 Å². The molecule has 142 valence electrons. The van der Waals surface area contributed by atoms with Gasteiger partial charge in [0.15, 0.2) is 5.13 Å². The first kappa shape index (κ1) is 18.0. The van der Waals surface area contributed by atoms with Gasteiger partial charge in [0.2, 0.25) is 11.8 Å². The van der Waals surface area contributed by atoms with Crippen LogP contribution in [0, 0.1) is 5.92 Å². The topological polar surface area (TPSA) is 53.5 Å². The Hall–Kier alpha value is -1.43. The van der Waals surface area contributed by atoms with E-state index in [0.717, 1.165) is 55.4 Å². The Morgan fingerprint density at radius 2 is 1.92 bits per heavy atom. The average Bonchev–Trinajstić information content (AvgIpc) is 3.21. The van der Waals surface area contributed by atoms with Crippen LogP contribution in [0.25, 0.3) is 0 Å². The van der Waals surface area contributed by atoms with Crippen LogP contribution in [0.2, 0.25) is 0 Å². The number of nitrogens with zero attached hydrogens (tertiary/aromatic N) is 3. The molecule has 6 heteroatoms. The molecule has 0 spiro atoms. The predicted octanol–water partition coefficient (Wildman–Crippen LogP) is 3.77. The maximum atomic E-state index is 13.0. The summed E-state index contributed by atoms with van der Waals surface area (Å²) in [7, 11) is 0. The summed E-state index contributed by atoms with van der Waals surface area (Å²) in [5.41, 5.74) is 0.822. The minimum atomic E-state index is 0.157. The molecule has 1 aliphatic heterocycles. The van der Waals surface area contributed by atoms with Crippen molar-refractivity contribution >= 4 is 28.3 Å². The number of carbonyl (C=O) groups is 2. The van der Waals surface area contributed by atoms with Gasteiger partial charge in [-0.2, -0.15) is 0 Å². The molecule has 0 N–H and O–H groups in total. The third kappa shape index (κ3) is 3.80. The van der Waals surface area contributed by atoms with Crippen LogP contribution in [0.15, 0.2) is 5.38 Å². The highest BCUT2D eigenvalue weighted by Crippen LogP contribution is 2.36. The van der Waals surface area contributed by atoms with Crippen molar-refractivity contribution in [3.8, 4) is 0 Å². The van der Waals surface area contributed by atoms with Crippen molar-refractivity contribution in [3.05, 3.63) is 11.1 Å². The maximum Gasteiger partial charge on any atom is 0.229 e. The molecule has 0 atom stereocenters. The lowest BCUT2D eigenvalue weighted by Crippen LogP contribution is -2.44. The zero-order chi connectivity index (χ0) is 18.1.